The van der Waals surface area contributed by atoms with Crippen molar-refractivity contribution in [2.45, 2.75) is 45.5 Å². The molecule has 1 saturated heterocycles. The Morgan fingerprint density at radius 3 is 2.15 bits per heavy atom. The molecule has 0 radical (unpaired) electrons. The standard InChI is InChI=1S/C13H16BF3O3/c1-12(2)13(3,4)20-14(19-12)9-6-5-8(15)7-10(9)18-11(16)17/h5-7,11H,1-4H3. The summed E-state index contributed by atoms with van der Waals surface area (Å²) in [6.45, 7) is 4.31. The molecule has 0 atom stereocenters. The maximum absolute atomic E-state index is 13.2. The van der Waals surface area contributed by atoms with Crippen molar-refractivity contribution in [3.8, 4) is 5.75 Å². The normalized spacial score (nSPS) is 20.5. The molecule has 1 aliphatic heterocycles. The van der Waals surface area contributed by atoms with Crippen molar-refractivity contribution in [3.05, 3.63) is 24.0 Å². The first-order valence-electron chi connectivity index (χ1n) is 6.22. The highest BCUT2D eigenvalue weighted by molar-refractivity contribution is 6.63. The molecule has 0 amide bonds. The van der Waals surface area contributed by atoms with Crippen LogP contribution in [0, 0.1) is 5.82 Å². The third-order valence-electron chi connectivity index (χ3n) is 3.70. The van der Waals surface area contributed by atoms with Crippen LogP contribution in [0.5, 0.6) is 5.75 Å². The Morgan fingerprint density at radius 1 is 1.10 bits per heavy atom. The average molecular weight is 288 g/mol. The highest BCUT2D eigenvalue weighted by atomic mass is 19.3. The molecule has 2 rings (SSSR count). The Labute approximate surface area is 116 Å². The van der Waals surface area contributed by atoms with Crippen LogP contribution < -0.4 is 10.2 Å². The van der Waals surface area contributed by atoms with Crippen molar-refractivity contribution in [2.75, 3.05) is 0 Å². The van der Waals surface area contributed by atoms with Crippen LogP contribution in [0.3, 0.4) is 0 Å². The van der Waals surface area contributed by atoms with Crippen molar-refractivity contribution >= 4 is 12.6 Å². The SMILES string of the molecule is CC1(C)OB(c2ccc(F)cc2OC(F)F)OC1(C)C. The maximum Gasteiger partial charge on any atom is 0.498 e. The summed E-state index contributed by atoms with van der Waals surface area (Å²) in [5.41, 5.74) is -0.993. The van der Waals surface area contributed by atoms with Crippen molar-refractivity contribution in [3.63, 3.8) is 0 Å². The smallest absolute Gasteiger partial charge is 0.435 e. The van der Waals surface area contributed by atoms with Crippen LogP contribution in [0.25, 0.3) is 0 Å². The van der Waals surface area contributed by atoms with Gasteiger partial charge in [-0.3, -0.25) is 0 Å². The Morgan fingerprint density at radius 2 is 1.65 bits per heavy atom. The third-order valence-corrected chi connectivity index (χ3v) is 3.70. The number of ether oxygens (including phenoxy) is 1. The second kappa shape index (κ2) is 4.97. The molecule has 0 N–H and O–H groups in total. The third kappa shape index (κ3) is 2.78. The zero-order valence-corrected chi connectivity index (χ0v) is 11.7. The van der Waals surface area contributed by atoms with Crippen LogP contribution in [0.4, 0.5) is 13.2 Å². The van der Waals surface area contributed by atoms with Gasteiger partial charge in [-0.2, -0.15) is 8.78 Å². The first-order chi connectivity index (χ1) is 9.12. The number of hydrogen-bond donors (Lipinski definition) is 0. The number of benzene rings is 1. The van der Waals surface area contributed by atoms with Gasteiger partial charge in [-0.1, -0.05) is 6.07 Å². The van der Waals surface area contributed by atoms with Gasteiger partial charge in [-0.15, -0.1) is 0 Å². The van der Waals surface area contributed by atoms with Crippen LogP contribution in [0.1, 0.15) is 27.7 Å². The molecule has 0 saturated carbocycles. The van der Waals surface area contributed by atoms with E-state index in [1.807, 2.05) is 27.7 Å². The summed E-state index contributed by atoms with van der Waals surface area (Å²) in [6.07, 6.45) is 0. The van der Waals surface area contributed by atoms with Gasteiger partial charge in [0.05, 0.1) is 11.2 Å². The molecule has 3 nitrogen and oxygen atoms in total. The van der Waals surface area contributed by atoms with E-state index in [1.165, 1.54) is 6.07 Å². The van der Waals surface area contributed by atoms with Gasteiger partial charge in [0.2, 0.25) is 0 Å². The van der Waals surface area contributed by atoms with Crippen LogP contribution in [-0.2, 0) is 9.31 Å². The molecule has 1 aromatic rings. The van der Waals surface area contributed by atoms with Gasteiger partial charge < -0.3 is 14.0 Å². The molecule has 1 aromatic carbocycles. The van der Waals surface area contributed by atoms with Gasteiger partial charge >= 0.3 is 13.7 Å². The van der Waals surface area contributed by atoms with E-state index >= 15 is 0 Å². The van der Waals surface area contributed by atoms with Gasteiger partial charge in [0.25, 0.3) is 0 Å². The molecule has 0 unspecified atom stereocenters. The highest BCUT2D eigenvalue weighted by Crippen LogP contribution is 2.37. The predicted octanol–water partition coefficient (Wildman–Crippen LogP) is 2.73. The van der Waals surface area contributed by atoms with E-state index in [9.17, 15) is 13.2 Å². The fourth-order valence-corrected chi connectivity index (χ4v) is 1.87. The Hall–Kier alpha value is -1.21. The molecule has 20 heavy (non-hydrogen) atoms. The summed E-state index contributed by atoms with van der Waals surface area (Å²) in [6, 6.07) is 3.38. The molecule has 1 fully saturated rings. The van der Waals surface area contributed by atoms with Gasteiger partial charge in [0.1, 0.15) is 11.6 Å². The Kier molecular flexibility index (Phi) is 3.77. The molecule has 0 aliphatic carbocycles. The number of hydrogen-bond acceptors (Lipinski definition) is 3. The summed E-state index contributed by atoms with van der Waals surface area (Å²) in [5.74, 6) is -0.945. The fourth-order valence-electron chi connectivity index (χ4n) is 1.87. The van der Waals surface area contributed by atoms with Gasteiger partial charge in [0, 0.05) is 11.5 Å². The van der Waals surface area contributed by atoms with Crippen LogP contribution in [-0.4, -0.2) is 24.9 Å². The molecule has 110 valence electrons. The van der Waals surface area contributed by atoms with E-state index in [4.69, 9.17) is 9.31 Å². The highest BCUT2D eigenvalue weighted by Gasteiger charge is 2.52. The lowest BCUT2D eigenvalue weighted by atomic mass is 9.78. The summed E-state index contributed by atoms with van der Waals surface area (Å²) in [5, 5.41) is 0. The van der Waals surface area contributed by atoms with E-state index < -0.39 is 30.7 Å². The minimum absolute atomic E-state index is 0.241. The predicted molar refractivity (Wildman–Crippen MR) is 68.7 cm³/mol. The molecular weight excluding hydrogens is 272 g/mol. The molecule has 0 bridgehead atoms. The molecule has 1 heterocycles. The zero-order chi connectivity index (χ0) is 15.1. The topological polar surface area (TPSA) is 27.7 Å². The lowest BCUT2D eigenvalue weighted by molar-refractivity contribution is -0.0494. The summed E-state index contributed by atoms with van der Waals surface area (Å²) >= 11 is 0. The fraction of sp³-hybridized carbons (Fsp3) is 0.538. The first kappa shape index (κ1) is 15.2. The van der Waals surface area contributed by atoms with Crippen molar-refractivity contribution in [2.24, 2.45) is 0 Å². The molecule has 1 aliphatic rings. The van der Waals surface area contributed by atoms with Crippen molar-refractivity contribution < 1.29 is 27.2 Å². The van der Waals surface area contributed by atoms with Crippen LogP contribution >= 0.6 is 0 Å². The van der Waals surface area contributed by atoms with E-state index in [0.717, 1.165) is 12.1 Å². The van der Waals surface area contributed by atoms with E-state index in [1.54, 1.807) is 0 Å². The van der Waals surface area contributed by atoms with E-state index in [2.05, 4.69) is 4.74 Å². The van der Waals surface area contributed by atoms with E-state index in [0.29, 0.717) is 0 Å². The lowest BCUT2D eigenvalue weighted by Gasteiger charge is -2.32. The quantitative estimate of drug-likeness (QED) is 0.800. The van der Waals surface area contributed by atoms with Gasteiger partial charge in [0.15, 0.2) is 0 Å². The van der Waals surface area contributed by atoms with Crippen LogP contribution in [0.2, 0.25) is 0 Å². The molecule has 0 spiro atoms. The Bertz CT molecular complexity index is 490. The second-order valence-electron chi connectivity index (χ2n) is 5.65. The summed E-state index contributed by atoms with van der Waals surface area (Å²) < 4.78 is 53.8. The lowest BCUT2D eigenvalue weighted by Crippen LogP contribution is -2.41. The van der Waals surface area contributed by atoms with Crippen LogP contribution in [0.15, 0.2) is 18.2 Å². The minimum atomic E-state index is -3.04. The molecule has 7 heteroatoms. The number of halogens is 3. The number of alkyl halides is 2. The van der Waals surface area contributed by atoms with Gasteiger partial charge in [-0.25, -0.2) is 4.39 Å². The van der Waals surface area contributed by atoms with Crippen molar-refractivity contribution in [1.29, 1.82) is 0 Å². The van der Waals surface area contributed by atoms with Crippen molar-refractivity contribution in [1.82, 2.24) is 0 Å². The summed E-state index contributed by atoms with van der Waals surface area (Å²) in [7, 11) is -0.880. The molecular formula is C13H16BF3O3. The second-order valence-corrected chi connectivity index (χ2v) is 5.65. The molecule has 0 aromatic heterocycles. The Balaban J connectivity index is 2.34. The van der Waals surface area contributed by atoms with Gasteiger partial charge in [-0.05, 0) is 33.8 Å². The summed E-state index contributed by atoms with van der Waals surface area (Å²) in [4.78, 5) is 0. The monoisotopic (exact) mass is 288 g/mol. The van der Waals surface area contributed by atoms with E-state index in [-0.39, 0.29) is 11.2 Å². The largest absolute Gasteiger partial charge is 0.498 e. The average Bonchev–Trinajstić information content (AvgIpc) is 2.46. The maximum atomic E-state index is 13.2. The minimum Gasteiger partial charge on any atom is -0.435 e. The first-order valence-corrected chi connectivity index (χ1v) is 6.22. The zero-order valence-electron chi connectivity index (χ0n) is 11.7. The number of rotatable bonds is 3.